The van der Waals surface area contributed by atoms with Gasteiger partial charge in [0.25, 0.3) is 0 Å². The van der Waals surface area contributed by atoms with E-state index in [1.807, 2.05) is 0 Å². The van der Waals surface area contributed by atoms with Crippen LogP contribution in [0.3, 0.4) is 0 Å². The molecule has 0 amide bonds. The highest BCUT2D eigenvalue weighted by Crippen LogP contribution is 2.58. The molecule has 9 heteroatoms. The van der Waals surface area contributed by atoms with Crippen LogP contribution in [-0.2, 0) is 28.6 Å². The lowest BCUT2D eigenvalue weighted by Gasteiger charge is -2.61. The fraction of sp³-hybridized carbons (Fsp3) is 0.857. The maximum Gasteiger partial charge on any atom is 0.313 e. The third-order valence-electron chi connectivity index (χ3n) is 6.49. The van der Waals surface area contributed by atoms with Crippen LogP contribution in [0.5, 0.6) is 0 Å². The summed E-state index contributed by atoms with van der Waals surface area (Å²) in [4.78, 5) is 39.4. The van der Waals surface area contributed by atoms with Crippen molar-refractivity contribution in [3.8, 4) is 0 Å². The number of carbonyl (C=O) groups is 3. The number of hydrogen-bond donors (Lipinski definition) is 3. The van der Waals surface area contributed by atoms with Gasteiger partial charge in [-0.3, -0.25) is 14.4 Å². The first-order chi connectivity index (χ1) is 13.8. The first-order valence-electron chi connectivity index (χ1n) is 10.5. The van der Waals surface area contributed by atoms with Crippen molar-refractivity contribution in [2.75, 3.05) is 26.4 Å². The summed E-state index contributed by atoms with van der Waals surface area (Å²) in [5.74, 6) is -1.36. The van der Waals surface area contributed by atoms with Gasteiger partial charge in [0.05, 0.1) is 36.1 Å². The highest BCUT2D eigenvalue weighted by Gasteiger charge is 2.70. The molecule has 0 aromatic rings. The van der Waals surface area contributed by atoms with Gasteiger partial charge in [-0.05, 0) is 62.3 Å². The van der Waals surface area contributed by atoms with E-state index < -0.39 is 45.6 Å². The van der Waals surface area contributed by atoms with E-state index in [0.29, 0.717) is 0 Å². The van der Waals surface area contributed by atoms with Crippen LogP contribution in [0.2, 0.25) is 0 Å². The van der Waals surface area contributed by atoms with Crippen LogP contribution in [0.1, 0.15) is 62.3 Å². The van der Waals surface area contributed by atoms with Gasteiger partial charge in [0.15, 0.2) is 0 Å². The molecule has 1 aliphatic heterocycles. The summed E-state index contributed by atoms with van der Waals surface area (Å²) in [6.45, 7) is 16.5. The lowest BCUT2D eigenvalue weighted by atomic mass is 9.46. The smallest absolute Gasteiger partial charge is 0.313 e. The van der Waals surface area contributed by atoms with E-state index in [2.05, 4.69) is 16.4 Å². The Morgan fingerprint density at radius 1 is 0.800 bits per heavy atom. The van der Waals surface area contributed by atoms with Crippen molar-refractivity contribution in [1.82, 2.24) is 16.4 Å². The number of nitrogens with one attached hydrogen (secondary N) is 3. The summed E-state index contributed by atoms with van der Waals surface area (Å²) in [6, 6.07) is -0.691. The van der Waals surface area contributed by atoms with Crippen molar-refractivity contribution in [3.05, 3.63) is 0 Å². The van der Waals surface area contributed by atoms with Gasteiger partial charge in [-0.25, -0.2) is 10.9 Å². The molecule has 1 unspecified atom stereocenters. The Bertz CT molecular complexity index is 615. The average molecular weight is 430 g/mol. The average Bonchev–Trinajstić information content (AvgIpc) is 2.68. The van der Waals surface area contributed by atoms with Gasteiger partial charge >= 0.3 is 17.9 Å². The van der Waals surface area contributed by atoms with Crippen molar-refractivity contribution in [3.63, 3.8) is 0 Å². The molecule has 0 aliphatic carbocycles. The molecule has 0 aromatic carbocycles. The first-order valence-corrected chi connectivity index (χ1v) is 10.5. The van der Waals surface area contributed by atoms with Crippen LogP contribution >= 0.6 is 0 Å². The third-order valence-corrected chi connectivity index (χ3v) is 6.49. The molecule has 174 valence electrons. The minimum absolute atomic E-state index is 0.198. The molecule has 1 aliphatic rings. The predicted molar refractivity (Wildman–Crippen MR) is 112 cm³/mol. The second kappa shape index (κ2) is 9.62. The van der Waals surface area contributed by atoms with Gasteiger partial charge in [0.2, 0.25) is 0 Å². The highest BCUT2D eigenvalue weighted by atomic mass is 16.5. The second-order valence-electron chi connectivity index (χ2n) is 9.16. The Hall–Kier alpha value is -1.71. The quantitative estimate of drug-likeness (QED) is 0.372. The molecular formula is C21H39N3O6. The number of rotatable bonds is 9. The monoisotopic (exact) mass is 429 g/mol. The van der Waals surface area contributed by atoms with Crippen molar-refractivity contribution in [1.29, 1.82) is 0 Å². The molecule has 0 radical (unpaired) electrons. The molecule has 1 fully saturated rings. The zero-order valence-electron chi connectivity index (χ0n) is 19.9. The molecule has 1 atom stereocenters. The number of carbonyl (C=O) groups excluding carboxylic acids is 3. The van der Waals surface area contributed by atoms with E-state index in [1.165, 1.54) is 0 Å². The zero-order chi connectivity index (χ0) is 23.4. The first kappa shape index (κ1) is 26.3. The Morgan fingerprint density at radius 2 is 1.20 bits per heavy atom. The minimum Gasteiger partial charge on any atom is -0.466 e. The van der Waals surface area contributed by atoms with Gasteiger partial charge in [-0.2, -0.15) is 5.53 Å². The Labute approximate surface area is 179 Å². The number of ether oxygens (including phenoxy) is 3. The van der Waals surface area contributed by atoms with Gasteiger partial charge in [0, 0.05) is 18.0 Å². The maximum atomic E-state index is 13.2. The van der Waals surface area contributed by atoms with Crippen LogP contribution in [-0.4, -0.2) is 50.3 Å². The Morgan fingerprint density at radius 3 is 1.60 bits per heavy atom. The van der Waals surface area contributed by atoms with Crippen molar-refractivity contribution >= 4 is 17.9 Å². The Kier molecular flexibility index (Phi) is 8.44. The van der Waals surface area contributed by atoms with Crippen molar-refractivity contribution in [2.45, 2.75) is 68.4 Å². The van der Waals surface area contributed by atoms with Crippen LogP contribution in [0.25, 0.3) is 0 Å². The molecule has 3 N–H and O–H groups in total. The van der Waals surface area contributed by atoms with Gasteiger partial charge in [-0.15, -0.1) is 0 Å². The summed E-state index contributed by atoms with van der Waals surface area (Å²) < 4.78 is 16.1. The molecule has 0 aromatic heterocycles. The van der Waals surface area contributed by atoms with Crippen LogP contribution in [0.4, 0.5) is 0 Å². The molecule has 1 heterocycles. The number of hydrogen-bond acceptors (Lipinski definition) is 9. The van der Waals surface area contributed by atoms with E-state index in [1.54, 1.807) is 62.3 Å². The van der Waals surface area contributed by atoms with E-state index in [4.69, 9.17) is 14.2 Å². The van der Waals surface area contributed by atoms with E-state index >= 15 is 0 Å². The molecule has 0 saturated carbocycles. The third kappa shape index (κ3) is 4.20. The van der Waals surface area contributed by atoms with Gasteiger partial charge in [0.1, 0.15) is 0 Å². The SMILES string of the molecule is CCOC(=O)C(C)(C)C1NNNCC1(C(C)(C)C(=O)OCC)C(C)(C)C(=O)OCC. The second-order valence-corrected chi connectivity index (χ2v) is 9.16. The summed E-state index contributed by atoms with van der Waals surface area (Å²) in [5, 5.41) is 0. The lowest BCUT2D eigenvalue weighted by molar-refractivity contribution is -0.203. The van der Waals surface area contributed by atoms with Crippen molar-refractivity contribution < 1.29 is 28.6 Å². The summed E-state index contributed by atoms with van der Waals surface area (Å²) in [6.07, 6.45) is 0. The topological polar surface area (TPSA) is 115 Å². The Balaban J connectivity index is 3.82. The molecule has 0 bridgehead atoms. The summed E-state index contributed by atoms with van der Waals surface area (Å²) in [7, 11) is 0. The number of hydrazine groups is 2. The molecule has 0 spiro atoms. The predicted octanol–water partition coefficient (Wildman–Crippen LogP) is 1.72. The summed E-state index contributed by atoms with van der Waals surface area (Å²) in [5.41, 5.74) is 4.40. The summed E-state index contributed by atoms with van der Waals surface area (Å²) >= 11 is 0. The highest BCUT2D eigenvalue weighted by molar-refractivity contribution is 5.84. The standard InChI is InChI=1S/C21H39N3O6/c1-10-28-15(25)18(4,5)14-21(13-22-24-23-14,19(6,7)16(26)29-11-2)20(8,9)17(27)30-12-3/h14,22-24H,10-13H2,1-9H3. The van der Waals surface area contributed by atoms with Crippen LogP contribution in [0, 0.1) is 21.7 Å². The van der Waals surface area contributed by atoms with Crippen molar-refractivity contribution in [2.24, 2.45) is 21.7 Å². The van der Waals surface area contributed by atoms with Crippen LogP contribution < -0.4 is 16.4 Å². The molecule has 30 heavy (non-hydrogen) atoms. The zero-order valence-corrected chi connectivity index (χ0v) is 19.9. The van der Waals surface area contributed by atoms with Crippen LogP contribution in [0.15, 0.2) is 0 Å². The lowest BCUT2D eigenvalue weighted by Crippen LogP contribution is -2.79. The molecule has 1 saturated heterocycles. The van der Waals surface area contributed by atoms with Gasteiger partial charge < -0.3 is 14.2 Å². The normalized spacial score (nSPS) is 19.7. The van der Waals surface area contributed by atoms with Gasteiger partial charge in [-0.1, -0.05) is 0 Å². The van der Waals surface area contributed by atoms with E-state index in [9.17, 15) is 14.4 Å². The number of esters is 3. The van der Waals surface area contributed by atoms with E-state index in [-0.39, 0.29) is 26.4 Å². The fourth-order valence-corrected chi connectivity index (χ4v) is 4.70. The largest absolute Gasteiger partial charge is 0.466 e. The van der Waals surface area contributed by atoms with E-state index in [0.717, 1.165) is 0 Å². The molecule has 1 rings (SSSR count). The molecule has 9 nitrogen and oxygen atoms in total. The minimum atomic E-state index is -1.18. The molecular weight excluding hydrogens is 390 g/mol. The fourth-order valence-electron chi connectivity index (χ4n) is 4.70. The maximum absolute atomic E-state index is 13.2.